The van der Waals surface area contributed by atoms with Gasteiger partial charge >= 0.3 is 0 Å². The van der Waals surface area contributed by atoms with E-state index in [1.165, 1.54) is 0 Å². The van der Waals surface area contributed by atoms with Crippen molar-refractivity contribution in [2.24, 2.45) is 0 Å². The number of benzene rings is 2. The third-order valence-electron chi connectivity index (χ3n) is 3.04. The Kier molecular flexibility index (Phi) is 5.44. The largest absolute Gasteiger partial charge is 0.497 e. The van der Waals surface area contributed by atoms with Crippen molar-refractivity contribution in [3.8, 4) is 17.6 Å². The Labute approximate surface area is 130 Å². The predicted octanol–water partition coefficient (Wildman–Crippen LogP) is 2.27. The quantitative estimate of drug-likeness (QED) is 0.851. The van der Waals surface area contributed by atoms with Gasteiger partial charge in [0.25, 0.3) is 5.91 Å². The van der Waals surface area contributed by atoms with Gasteiger partial charge in [0, 0.05) is 18.3 Å². The third kappa shape index (κ3) is 4.29. The fourth-order valence-electron chi connectivity index (χ4n) is 1.84. The maximum absolute atomic E-state index is 12.0. The molecule has 2 rings (SSSR count). The molecule has 0 fully saturated rings. The van der Waals surface area contributed by atoms with E-state index in [1.54, 1.807) is 14.2 Å². The Morgan fingerprint density at radius 3 is 2.36 bits per heavy atom. The smallest absolute Gasteiger partial charge is 0.254 e. The Bertz CT molecular complexity index is 670. The average molecular weight is 294 g/mol. The minimum absolute atomic E-state index is 0.181. The molecule has 112 valence electrons. The number of amides is 1. The second-order valence-corrected chi connectivity index (χ2v) is 4.56. The molecule has 2 aromatic carbocycles. The first kappa shape index (κ1) is 15.5. The summed E-state index contributed by atoms with van der Waals surface area (Å²) in [5.74, 6) is 6.54. The molecular weight excluding hydrogens is 276 g/mol. The van der Waals surface area contributed by atoms with Gasteiger partial charge in [-0.2, -0.15) is 0 Å². The van der Waals surface area contributed by atoms with Crippen molar-refractivity contribution in [1.82, 2.24) is 5.32 Å². The van der Waals surface area contributed by atoms with Crippen LogP contribution in [-0.2, 0) is 4.79 Å². The summed E-state index contributed by atoms with van der Waals surface area (Å²) in [5, 5.41) is 5.73. The number of methoxy groups -OCH3 is 1. The summed E-state index contributed by atoms with van der Waals surface area (Å²) in [6.07, 6.45) is 0. The third-order valence-corrected chi connectivity index (χ3v) is 3.04. The molecule has 2 N–H and O–H groups in total. The van der Waals surface area contributed by atoms with E-state index >= 15 is 0 Å². The van der Waals surface area contributed by atoms with Crippen molar-refractivity contribution >= 4 is 11.6 Å². The van der Waals surface area contributed by atoms with Gasteiger partial charge in [-0.3, -0.25) is 4.79 Å². The summed E-state index contributed by atoms with van der Waals surface area (Å²) in [7, 11) is 3.20. The molecule has 0 aliphatic heterocycles. The number of anilines is 1. The van der Waals surface area contributed by atoms with E-state index in [2.05, 4.69) is 22.5 Å². The van der Waals surface area contributed by atoms with Crippen LogP contribution in [0.4, 0.5) is 5.69 Å². The van der Waals surface area contributed by atoms with E-state index in [0.717, 1.165) is 17.0 Å². The molecule has 4 heteroatoms. The molecule has 0 aliphatic carbocycles. The maximum atomic E-state index is 12.0. The van der Waals surface area contributed by atoms with E-state index in [9.17, 15) is 4.79 Å². The number of likely N-dealkylation sites (N-methyl/N-ethyl adjacent to an activating group) is 1. The van der Waals surface area contributed by atoms with Crippen molar-refractivity contribution in [2.45, 2.75) is 6.04 Å². The van der Waals surface area contributed by atoms with Crippen LogP contribution in [-0.4, -0.2) is 26.1 Å². The monoisotopic (exact) mass is 294 g/mol. The first-order valence-electron chi connectivity index (χ1n) is 6.91. The molecule has 1 unspecified atom stereocenters. The normalized spacial score (nSPS) is 10.8. The van der Waals surface area contributed by atoms with Gasteiger partial charge in [0.1, 0.15) is 5.75 Å². The van der Waals surface area contributed by atoms with Crippen LogP contribution in [0.25, 0.3) is 0 Å². The van der Waals surface area contributed by atoms with Crippen LogP contribution in [0.3, 0.4) is 0 Å². The molecular formula is C18H18N2O2. The van der Waals surface area contributed by atoms with Gasteiger partial charge in [0.05, 0.1) is 7.11 Å². The number of hydrogen-bond acceptors (Lipinski definition) is 3. The fraction of sp³-hybridized carbons (Fsp3) is 0.167. The maximum Gasteiger partial charge on any atom is 0.254 e. The van der Waals surface area contributed by atoms with Gasteiger partial charge < -0.3 is 15.4 Å². The average Bonchev–Trinajstić information content (AvgIpc) is 2.59. The van der Waals surface area contributed by atoms with Crippen LogP contribution in [0.5, 0.6) is 5.75 Å². The fourth-order valence-corrected chi connectivity index (χ4v) is 1.84. The molecule has 0 aliphatic rings. The van der Waals surface area contributed by atoms with Gasteiger partial charge in [-0.05, 0) is 36.4 Å². The number of rotatable bonds is 4. The molecule has 0 spiro atoms. The molecule has 0 heterocycles. The van der Waals surface area contributed by atoms with Crippen LogP contribution in [0.2, 0.25) is 0 Å². The SMILES string of the molecule is CNC(=O)C(C#Cc1ccccc1)Nc1ccc(OC)cc1. The van der Waals surface area contributed by atoms with Gasteiger partial charge in [-0.15, -0.1) is 0 Å². The lowest BCUT2D eigenvalue weighted by Crippen LogP contribution is -2.36. The molecule has 1 amide bonds. The highest BCUT2D eigenvalue weighted by atomic mass is 16.5. The Morgan fingerprint density at radius 2 is 1.77 bits per heavy atom. The van der Waals surface area contributed by atoms with Crippen molar-refractivity contribution < 1.29 is 9.53 Å². The highest BCUT2D eigenvalue weighted by Gasteiger charge is 2.13. The zero-order valence-corrected chi connectivity index (χ0v) is 12.6. The summed E-state index contributed by atoms with van der Waals surface area (Å²) >= 11 is 0. The Balaban J connectivity index is 2.16. The zero-order chi connectivity index (χ0) is 15.8. The van der Waals surface area contributed by atoms with E-state index in [0.29, 0.717) is 0 Å². The van der Waals surface area contributed by atoms with Crippen molar-refractivity contribution in [3.05, 3.63) is 60.2 Å². The van der Waals surface area contributed by atoms with Gasteiger partial charge in [-0.1, -0.05) is 30.0 Å². The standard InChI is InChI=1S/C18H18N2O2/c1-19-18(21)17(13-8-14-6-4-3-5-7-14)20-15-9-11-16(22-2)12-10-15/h3-7,9-12,17,20H,1-2H3,(H,19,21). The van der Waals surface area contributed by atoms with Crippen molar-refractivity contribution in [1.29, 1.82) is 0 Å². The summed E-state index contributed by atoms with van der Waals surface area (Å²) < 4.78 is 5.11. The molecule has 0 aromatic heterocycles. The molecule has 0 radical (unpaired) electrons. The number of carbonyl (C=O) groups excluding carboxylic acids is 1. The van der Waals surface area contributed by atoms with E-state index in [-0.39, 0.29) is 5.91 Å². The Hall–Kier alpha value is -2.93. The van der Waals surface area contributed by atoms with E-state index in [1.807, 2.05) is 54.6 Å². The number of carbonyl (C=O) groups is 1. The topological polar surface area (TPSA) is 50.4 Å². The molecule has 0 saturated heterocycles. The van der Waals surface area contributed by atoms with Gasteiger partial charge in [-0.25, -0.2) is 0 Å². The van der Waals surface area contributed by atoms with Crippen LogP contribution in [0, 0.1) is 11.8 Å². The summed E-state index contributed by atoms with van der Waals surface area (Å²) in [4.78, 5) is 12.0. The lowest BCUT2D eigenvalue weighted by atomic mass is 10.2. The highest BCUT2D eigenvalue weighted by molar-refractivity contribution is 5.87. The lowest BCUT2D eigenvalue weighted by Gasteiger charge is -2.13. The molecule has 1 atom stereocenters. The first-order chi connectivity index (χ1) is 10.7. The van der Waals surface area contributed by atoms with Gasteiger partial charge in [0.15, 0.2) is 6.04 Å². The van der Waals surface area contributed by atoms with Crippen LogP contribution >= 0.6 is 0 Å². The van der Waals surface area contributed by atoms with Crippen LogP contribution in [0.15, 0.2) is 54.6 Å². The van der Waals surface area contributed by atoms with E-state index in [4.69, 9.17) is 4.74 Å². The predicted molar refractivity (Wildman–Crippen MR) is 87.8 cm³/mol. The number of nitrogens with one attached hydrogen (secondary N) is 2. The van der Waals surface area contributed by atoms with Crippen molar-refractivity contribution in [3.63, 3.8) is 0 Å². The summed E-state index contributed by atoms with van der Waals surface area (Å²) in [6, 6.07) is 16.3. The summed E-state index contributed by atoms with van der Waals surface area (Å²) in [6.45, 7) is 0. The number of ether oxygens (including phenoxy) is 1. The van der Waals surface area contributed by atoms with Crippen LogP contribution in [0.1, 0.15) is 5.56 Å². The molecule has 0 bridgehead atoms. The molecule has 22 heavy (non-hydrogen) atoms. The number of hydrogen-bond donors (Lipinski definition) is 2. The Morgan fingerprint density at radius 1 is 1.09 bits per heavy atom. The lowest BCUT2D eigenvalue weighted by molar-refractivity contribution is -0.120. The molecule has 4 nitrogen and oxygen atoms in total. The van der Waals surface area contributed by atoms with Crippen LogP contribution < -0.4 is 15.4 Å². The zero-order valence-electron chi connectivity index (χ0n) is 12.6. The summed E-state index contributed by atoms with van der Waals surface area (Å²) in [5.41, 5.74) is 1.67. The second kappa shape index (κ2) is 7.75. The molecule has 2 aromatic rings. The van der Waals surface area contributed by atoms with E-state index < -0.39 is 6.04 Å². The van der Waals surface area contributed by atoms with Gasteiger partial charge in [0.2, 0.25) is 0 Å². The minimum atomic E-state index is -0.626. The highest BCUT2D eigenvalue weighted by Crippen LogP contribution is 2.15. The molecule has 0 saturated carbocycles. The first-order valence-corrected chi connectivity index (χ1v) is 6.91. The van der Waals surface area contributed by atoms with Crippen molar-refractivity contribution in [2.75, 3.05) is 19.5 Å². The minimum Gasteiger partial charge on any atom is -0.497 e. The second-order valence-electron chi connectivity index (χ2n) is 4.56.